The molecule has 0 heterocycles. The second-order valence-corrected chi connectivity index (χ2v) is 11.8. The Balaban J connectivity index is 1.31. The normalized spacial score (nSPS) is 26.1. The zero-order chi connectivity index (χ0) is 28.2. The zero-order valence-electron chi connectivity index (χ0n) is 21.6. The number of carboxylic acids is 1. The number of carboxylic acid groups (broad SMARTS) is 1. The third-order valence-corrected chi connectivity index (χ3v) is 9.07. The molecule has 0 saturated heterocycles. The van der Waals surface area contributed by atoms with Crippen molar-refractivity contribution in [1.82, 2.24) is 5.32 Å². The largest absolute Gasteiger partial charge is 0.487 e. The van der Waals surface area contributed by atoms with Gasteiger partial charge in [-0.15, -0.1) is 0 Å². The smallest absolute Gasteiger partial charge is 0.416 e. The average Bonchev–Trinajstić information content (AvgIpc) is 2.90. The maximum atomic E-state index is 15.2. The van der Waals surface area contributed by atoms with Gasteiger partial charge in [-0.1, -0.05) is 36.4 Å². The highest BCUT2D eigenvalue weighted by molar-refractivity contribution is 6.05. The summed E-state index contributed by atoms with van der Waals surface area (Å²) >= 11 is 0. The van der Waals surface area contributed by atoms with Crippen molar-refractivity contribution >= 4 is 22.6 Å². The highest BCUT2D eigenvalue weighted by Crippen LogP contribution is 2.61. The number of halogens is 4. The summed E-state index contributed by atoms with van der Waals surface area (Å²) in [6.07, 6.45) is 1.10. The van der Waals surface area contributed by atoms with Crippen LogP contribution in [0.3, 0.4) is 0 Å². The van der Waals surface area contributed by atoms with Gasteiger partial charge in [0.05, 0.1) is 11.1 Å². The van der Waals surface area contributed by atoms with E-state index in [0.29, 0.717) is 28.7 Å². The molecular weight excluding hydrogens is 526 g/mol. The highest BCUT2D eigenvalue weighted by Gasteiger charge is 2.56. The molecule has 0 radical (unpaired) electrons. The predicted molar refractivity (Wildman–Crippen MR) is 139 cm³/mol. The lowest BCUT2D eigenvalue weighted by Gasteiger charge is -2.58. The maximum absolute atomic E-state index is 15.2. The number of carbonyl (C=O) groups excluding carboxylic acids is 1. The van der Waals surface area contributed by atoms with E-state index in [1.807, 2.05) is 0 Å². The van der Waals surface area contributed by atoms with Gasteiger partial charge in [0.1, 0.15) is 24.2 Å². The van der Waals surface area contributed by atoms with Gasteiger partial charge in [-0.2, -0.15) is 13.2 Å². The molecule has 4 aliphatic carbocycles. The Labute approximate surface area is 228 Å². The monoisotopic (exact) mass is 555 g/mol. The molecule has 0 aromatic heterocycles. The second kappa shape index (κ2) is 9.78. The fraction of sp³-hybridized carbons (Fsp3) is 0.419. The van der Waals surface area contributed by atoms with Crippen LogP contribution in [0, 0.1) is 29.0 Å². The molecule has 210 valence electrons. The van der Waals surface area contributed by atoms with Crippen LogP contribution in [0.5, 0.6) is 5.75 Å². The van der Waals surface area contributed by atoms with Crippen molar-refractivity contribution in [2.24, 2.45) is 23.2 Å². The Morgan fingerprint density at radius 1 is 0.950 bits per heavy atom. The number of carbonyl (C=O) groups is 2. The number of amides is 1. The van der Waals surface area contributed by atoms with Gasteiger partial charge in [-0.25, -0.2) is 9.18 Å². The van der Waals surface area contributed by atoms with Crippen molar-refractivity contribution < 1.29 is 37.0 Å². The summed E-state index contributed by atoms with van der Waals surface area (Å²) in [5.74, 6) is -1.09. The molecule has 0 spiro atoms. The quantitative estimate of drug-likeness (QED) is 0.309. The Bertz CT molecular complexity index is 1430. The number of fused-ring (bicyclic) bond motifs is 1. The van der Waals surface area contributed by atoms with Gasteiger partial charge in [0.2, 0.25) is 0 Å². The van der Waals surface area contributed by atoms with Crippen LogP contribution in [0.1, 0.15) is 60.0 Å². The molecule has 3 aromatic rings. The van der Waals surface area contributed by atoms with Crippen LogP contribution < -0.4 is 10.1 Å². The molecular formula is C31H29F4NO4. The number of alkyl halides is 3. The molecule has 7 rings (SSSR count). The van der Waals surface area contributed by atoms with Gasteiger partial charge >= 0.3 is 12.1 Å². The lowest BCUT2D eigenvalue weighted by atomic mass is 9.47. The second-order valence-electron chi connectivity index (χ2n) is 11.8. The minimum absolute atomic E-state index is 0.0454. The van der Waals surface area contributed by atoms with Gasteiger partial charge in [-0.3, -0.25) is 4.79 Å². The standard InChI is InChI=1S/C31H29F4NO4/c32-25-12-24(28(37)36-27(29(38)39)30-13-18-9-19(14-30)11-20(10-18)15-30)26(23-4-2-1-3-22(23)25)40-16-17-5-7-21(8-6-17)31(33,34)35/h1-8,12,18-20,27H,9-11,13-16H2,(H,36,37)(H,38,39). The maximum Gasteiger partial charge on any atom is 0.416 e. The molecule has 5 nitrogen and oxygen atoms in total. The Morgan fingerprint density at radius 2 is 1.52 bits per heavy atom. The topological polar surface area (TPSA) is 75.6 Å². The van der Waals surface area contributed by atoms with Gasteiger partial charge in [0.25, 0.3) is 5.91 Å². The summed E-state index contributed by atoms with van der Waals surface area (Å²) in [5, 5.41) is 13.5. The molecule has 3 aromatic carbocycles. The number of ether oxygens (including phenoxy) is 1. The average molecular weight is 556 g/mol. The van der Waals surface area contributed by atoms with E-state index in [-0.39, 0.29) is 23.3 Å². The molecule has 1 amide bonds. The number of nitrogens with one attached hydrogen (secondary N) is 1. The first kappa shape index (κ1) is 26.6. The van der Waals surface area contributed by atoms with Crippen molar-refractivity contribution in [2.45, 2.75) is 57.3 Å². The number of benzene rings is 3. The first-order valence-corrected chi connectivity index (χ1v) is 13.6. The summed E-state index contributed by atoms with van der Waals surface area (Å²) in [4.78, 5) is 26.2. The first-order valence-electron chi connectivity index (χ1n) is 13.6. The van der Waals surface area contributed by atoms with Crippen LogP contribution in [0.25, 0.3) is 10.8 Å². The highest BCUT2D eigenvalue weighted by atomic mass is 19.4. The number of aliphatic carboxylic acids is 1. The Kier molecular flexibility index (Phi) is 6.50. The van der Waals surface area contributed by atoms with E-state index >= 15 is 4.39 Å². The lowest BCUT2D eigenvalue weighted by Crippen LogP contribution is -2.59. The summed E-state index contributed by atoms with van der Waals surface area (Å²) in [6.45, 7) is -0.175. The van der Waals surface area contributed by atoms with Crippen molar-refractivity contribution in [2.75, 3.05) is 0 Å². The van der Waals surface area contributed by atoms with E-state index in [0.717, 1.165) is 56.7 Å². The molecule has 1 atom stereocenters. The molecule has 9 heteroatoms. The van der Waals surface area contributed by atoms with Crippen molar-refractivity contribution in [3.63, 3.8) is 0 Å². The van der Waals surface area contributed by atoms with Gasteiger partial charge < -0.3 is 15.2 Å². The fourth-order valence-corrected chi connectivity index (χ4v) is 7.79. The van der Waals surface area contributed by atoms with Crippen molar-refractivity contribution in [3.8, 4) is 5.75 Å². The van der Waals surface area contributed by atoms with Crippen LogP contribution >= 0.6 is 0 Å². The third-order valence-electron chi connectivity index (χ3n) is 9.07. The fourth-order valence-electron chi connectivity index (χ4n) is 7.79. The van der Waals surface area contributed by atoms with Gasteiger partial charge in [-0.05, 0) is 80.0 Å². The molecule has 1 unspecified atom stereocenters. The summed E-state index contributed by atoms with van der Waals surface area (Å²) in [7, 11) is 0. The van der Waals surface area contributed by atoms with Crippen LogP contribution in [-0.4, -0.2) is 23.0 Å². The van der Waals surface area contributed by atoms with Gasteiger partial charge in [0, 0.05) is 16.2 Å². The molecule has 2 N–H and O–H groups in total. The van der Waals surface area contributed by atoms with Crippen molar-refractivity contribution in [1.29, 1.82) is 0 Å². The summed E-state index contributed by atoms with van der Waals surface area (Å²) in [5.41, 5.74) is -1.07. The Morgan fingerprint density at radius 3 is 2.08 bits per heavy atom. The minimum Gasteiger partial charge on any atom is -0.487 e. The van der Waals surface area contributed by atoms with E-state index in [2.05, 4.69) is 5.32 Å². The van der Waals surface area contributed by atoms with E-state index in [9.17, 15) is 27.9 Å². The summed E-state index contributed by atoms with van der Waals surface area (Å²) in [6, 6.07) is 10.8. The minimum atomic E-state index is -4.48. The Hall–Kier alpha value is -3.62. The van der Waals surface area contributed by atoms with Gasteiger partial charge in [0.15, 0.2) is 0 Å². The SMILES string of the molecule is O=C(NC(C(=O)O)C12CC3CC(CC(C3)C1)C2)c1cc(F)c2ccccc2c1OCc1ccc(C(F)(F)F)cc1. The van der Waals surface area contributed by atoms with Crippen molar-refractivity contribution in [3.05, 3.63) is 77.1 Å². The number of hydrogen-bond donors (Lipinski definition) is 2. The predicted octanol–water partition coefficient (Wildman–Crippen LogP) is 6.98. The molecule has 40 heavy (non-hydrogen) atoms. The van der Waals surface area contributed by atoms with Crippen LogP contribution in [-0.2, 0) is 17.6 Å². The van der Waals surface area contributed by atoms with E-state index in [1.54, 1.807) is 18.2 Å². The molecule has 4 aliphatic rings. The molecule has 4 fully saturated rings. The van der Waals surface area contributed by atoms with Crippen LogP contribution in [0.15, 0.2) is 54.6 Å². The lowest BCUT2D eigenvalue weighted by molar-refractivity contribution is -0.150. The zero-order valence-corrected chi connectivity index (χ0v) is 21.6. The molecule has 4 bridgehead atoms. The summed E-state index contributed by atoms with van der Waals surface area (Å²) < 4.78 is 60.0. The number of hydrogen-bond acceptors (Lipinski definition) is 3. The molecule has 4 saturated carbocycles. The van der Waals surface area contributed by atoms with E-state index in [4.69, 9.17) is 4.74 Å². The van der Waals surface area contributed by atoms with E-state index < -0.39 is 40.9 Å². The third kappa shape index (κ3) is 4.80. The first-order chi connectivity index (χ1) is 19.0. The number of rotatable bonds is 7. The molecule has 0 aliphatic heterocycles. The van der Waals surface area contributed by atoms with E-state index in [1.165, 1.54) is 18.2 Å². The van der Waals surface area contributed by atoms with Crippen LogP contribution in [0.4, 0.5) is 17.6 Å². The van der Waals surface area contributed by atoms with Crippen LogP contribution in [0.2, 0.25) is 0 Å².